The fourth-order valence-electron chi connectivity index (χ4n) is 3.67. The third-order valence-electron chi connectivity index (χ3n) is 4.75. The van der Waals surface area contributed by atoms with Gasteiger partial charge >= 0.3 is 5.97 Å². The Balaban J connectivity index is 2.18. The predicted molar refractivity (Wildman–Crippen MR) is 89.5 cm³/mol. The van der Waals surface area contributed by atoms with Crippen molar-refractivity contribution in [2.75, 3.05) is 6.54 Å². The molecule has 2 rings (SSSR count). The Morgan fingerprint density at radius 2 is 1.91 bits per heavy atom. The van der Waals surface area contributed by atoms with Gasteiger partial charge in [0.2, 0.25) is 0 Å². The van der Waals surface area contributed by atoms with Gasteiger partial charge in [0.1, 0.15) is 12.1 Å². The smallest absolute Gasteiger partial charge is 0.327 e. The second-order valence-corrected chi connectivity index (χ2v) is 7.57. The molecular weight excluding hydrogens is 274 g/mol. The highest BCUT2D eigenvalue weighted by atomic mass is 16.5. The quantitative estimate of drug-likeness (QED) is 0.787. The zero-order valence-corrected chi connectivity index (χ0v) is 14.6. The van der Waals surface area contributed by atoms with E-state index in [0.717, 1.165) is 24.9 Å². The topological polar surface area (TPSA) is 29.5 Å². The van der Waals surface area contributed by atoms with Gasteiger partial charge in [0.15, 0.2) is 0 Å². The number of ether oxygens (including phenoxy) is 1. The third-order valence-corrected chi connectivity index (χ3v) is 4.75. The first-order chi connectivity index (χ1) is 10.3. The standard InChI is InChI=1S/C19H29NO2/c1-15(2)19(12-9-13-20(19)18(3,4)5)17(21)22-14-16-10-7-6-8-11-16/h6-8,10-11,15H,9,12-14H2,1-5H3. The third kappa shape index (κ3) is 3.19. The van der Waals surface area contributed by atoms with Gasteiger partial charge in [-0.15, -0.1) is 0 Å². The minimum Gasteiger partial charge on any atom is -0.459 e. The molecule has 3 heteroatoms. The van der Waals surface area contributed by atoms with Gasteiger partial charge in [-0.3, -0.25) is 9.69 Å². The number of carbonyl (C=O) groups is 1. The van der Waals surface area contributed by atoms with Crippen LogP contribution in [0.25, 0.3) is 0 Å². The van der Waals surface area contributed by atoms with Gasteiger partial charge in [0, 0.05) is 5.54 Å². The Kier molecular flexibility index (Phi) is 4.96. The number of hydrogen-bond donors (Lipinski definition) is 0. The molecule has 1 aliphatic rings. The molecule has 0 aliphatic carbocycles. The maximum Gasteiger partial charge on any atom is 0.327 e. The van der Waals surface area contributed by atoms with E-state index in [9.17, 15) is 4.79 Å². The number of likely N-dealkylation sites (tertiary alicyclic amines) is 1. The molecule has 1 fully saturated rings. The Labute approximate surface area is 134 Å². The molecule has 1 unspecified atom stereocenters. The lowest BCUT2D eigenvalue weighted by Gasteiger charge is -2.46. The summed E-state index contributed by atoms with van der Waals surface area (Å²) in [7, 11) is 0. The molecule has 0 amide bonds. The molecule has 1 aliphatic heterocycles. The van der Waals surface area contributed by atoms with Crippen LogP contribution >= 0.6 is 0 Å². The van der Waals surface area contributed by atoms with E-state index >= 15 is 0 Å². The van der Waals surface area contributed by atoms with E-state index < -0.39 is 5.54 Å². The Hall–Kier alpha value is -1.35. The first-order valence-electron chi connectivity index (χ1n) is 8.27. The maximum atomic E-state index is 13.0. The summed E-state index contributed by atoms with van der Waals surface area (Å²) in [4.78, 5) is 15.3. The second kappa shape index (κ2) is 6.41. The average Bonchev–Trinajstić information content (AvgIpc) is 2.92. The number of nitrogens with zero attached hydrogens (tertiary/aromatic N) is 1. The molecule has 3 nitrogen and oxygen atoms in total. The van der Waals surface area contributed by atoms with Gasteiger partial charge < -0.3 is 4.74 Å². The lowest BCUT2D eigenvalue weighted by molar-refractivity contribution is -0.165. The van der Waals surface area contributed by atoms with Gasteiger partial charge in [-0.25, -0.2) is 0 Å². The summed E-state index contributed by atoms with van der Waals surface area (Å²) in [5, 5.41) is 0. The Bertz CT molecular complexity index is 504. The van der Waals surface area contributed by atoms with E-state index in [1.807, 2.05) is 30.3 Å². The molecule has 22 heavy (non-hydrogen) atoms. The van der Waals surface area contributed by atoms with E-state index in [2.05, 4.69) is 39.5 Å². The largest absolute Gasteiger partial charge is 0.459 e. The summed E-state index contributed by atoms with van der Waals surface area (Å²) in [6.45, 7) is 12.1. The van der Waals surface area contributed by atoms with Crippen LogP contribution in [0.5, 0.6) is 0 Å². The van der Waals surface area contributed by atoms with E-state index in [-0.39, 0.29) is 17.4 Å². The van der Waals surface area contributed by atoms with Crippen molar-refractivity contribution in [1.29, 1.82) is 0 Å². The van der Waals surface area contributed by atoms with E-state index in [1.54, 1.807) is 0 Å². The molecule has 1 heterocycles. The van der Waals surface area contributed by atoms with Crippen LogP contribution in [0.1, 0.15) is 53.0 Å². The molecule has 0 bridgehead atoms. The summed E-state index contributed by atoms with van der Waals surface area (Å²) < 4.78 is 5.72. The summed E-state index contributed by atoms with van der Waals surface area (Å²) in [5.41, 5.74) is 0.509. The highest BCUT2D eigenvalue weighted by Gasteiger charge is 2.54. The Morgan fingerprint density at radius 3 is 2.45 bits per heavy atom. The molecule has 1 aromatic carbocycles. The minimum absolute atomic E-state index is 0.0352. The second-order valence-electron chi connectivity index (χ2n) is 7.57. The van der Waals surface area contributed by atoms with Crippen LogP contribution in [-0.2, 0) is 16.1 Å². The summed E-state index contributed by atoms with van der Waals surface area (Å²) in [5.74, 6) is 0.163. The maximum absolute atomic E-state index is 13.0. The van der Waals surface area contributed by atoms with Gasteiger partial charge in [-0.1, -0.05) is 44.2 Å². The van der Waals surface area contributed by atoms with Crippen molar-refractivity contribution in [3.8, 4) is 0 Å². The van der Waals surface area contributed by atoms with Gasteiger partial charge in [-0.2, -0.15) is 0 Å². The normalized spacial score (nSPS) is 23.0. The number of carbonyl (C=O) groups excluding carboxylic acids is 1. The lowest BCUT2D eigenvalue weighted by Crippen LogP contribution is -2.61. The minimum atomic E-state index is -0.493. The van der Waals surface area contributed by atoms with Crippen LogP contribution in [0.15, 0.2) is 30.3 Å². The van der Waals surface area contributed by atoms with Crippen LogP contribution < -0.4 is 0 Å². The van der Waals surface area contributed by atoms with E-state index in [0.29, 0.717) is 6.61 Å². The zero-order valence-electron chi connectivity index (χ0n) is 14.6. The highest BCUT2D eigenvalue weighted by Crippen LogP contribution is 2.41. The van der Waals surface area contributed by atoms with E-state index in [1.165, 1.54) is 0 Å². The molecule has 0 saturated carbocycles. The average molecular weight is 303 g/mol. The molecule has 122 valence electrons. The highest BCUT2D eigenvalue weighted by molar-refractivity contribution is 5.82. The van der Waals surface area contributed by atoms with Crippen molar-refractivity contribution in [2.45, 2.75) is 65.1 Å². The van der Waals surface area contributed by atoms with Crippen molar-refractivity contribution in [3.63, 3.8) is 0 Å². The van der Waals surface area contributed by atoms with Crippen molar-refractivity contribution in [1.82, 2.24) is 4.90 Å². The fraction of sp³-hybridized carbons (Fsp3) is 0.632. The van der Waals surface area contributed by atoms with Gasteiger partial charge in [0.05, 0.1) is 0 Å². The Morgan fingerprint density at radius 1 is 1.27 bits per heavy atom. The number of benzene rings is 1. The number of rotatable bonds is 4. The molecule has 0 radical (unpaired) electrons. The summed E-state index contributed by atoms with van der Waals surface area (Å²) in [6.07, 6.45) is 1.94. The van der Waals surface area contributed by atoms with Crippen LogP contribution in [-0.4, -0.2) is 28.5 Å². The molecule has 1 aromatic rings. The molecule has 0 spiro atoms. The lowest BCUT2D eigenvalue weighted by atomic mass is 9.81. The first-order valence-corrected chi connectivity index (χ1v) is 8.27. The molecule has 1 saturated heterocycles. The molecular formula is C19H29NO2. The van der Waals surface area contributed by atoms with Crippen LogP contribution in [0.3, 0.4) is 0 Å². The fourth-order valence-corrected chi connectivity index (χ4v) is 3.67. The summed E-state index contributed by atoms with van der Waals surface area (Å²) >= 11 is 0. The van der Waals surface area contributed by atoms with Crippen LogP contribution in [0, 0.1) is 5.92 Å². The molecule has 0 N–H and O–H groups in total. The zero-order chi connectivity index (χ0) is 16.4. The predicted octanol–water partition coefficient (Wildman–Crippen LogP) is 4.02. The summed E-state index contributed by atoms with van der Waals surface area (Å²) in [6, 6.07) is 9.90. The number of esters is 1. The van der Waals surface area contributed by atoms with Crippen molar-refractivity contribution >= 4 is 5.97 Å². The van der Waals surface area contributed by atoms with Gasteiger partial charge in [0.25, 0.3) is 0 Å². The van der Waals surface area contributed by atoms with E-state index in [4.69, 9.17) is 4.74 Å². The SMILES string of the molecule is CC(C)C1(C(=O)OCc2ccccc2)CCCN1C(C)(C)C. The van der Waals surface area contributed by atoms with Gasteiger partial charge in [-0.05, 0) is 51.6 Å². The van der Waals surface area contributed by atoms with Crippen LogP contribution in [0.4, 0.5) is 0 Å². The first kappa shape index (κ1) is 17.0. The monoisotopic (exact) mass is 303 g/mol. The van der Waals surface area contributed by atoms with Crippen molar-refractivity contribution in [2.24, 2.45) is 5.92 Å². The van der Waals surface area contributed by atoms with Crippen molar-refractivity contribution < 1.29 is 9.53 Å². The molecule has 1 atom stereocenters. The molecule has 0 aromatic heterocycles. The van der Waals surface area contributed by atoms with Crippen molar-refractivity contribution in [3.05, 3.63) is 35.9 Å². The number of hydrogen-bond acceptors (Lipinski definition) is 3. The van der Waals surface area contributed by atoms with Crippen LogP contribution in [0.2, 0.25) is 0 Å².